The molecule has 2 nitrogen and oxygen atoms in total. The third-order valence-electron chi connectivity index (χ3n) is 2.47. The van der Waals surface area contributed by atoms with Crippen LogP contribution in [0.4, 0.5) is 10.1 Å². The molecule has 1 aliphatic rings. The lowest BCUT2D eigenvalue weighted by molar-refractivity contribution is -0.117. The van der Waals surface area contributed by atoms with Gasteiger partial charge in [-0.05, 0) is 18.6 Å². The van der Waals surface area contributed by atoms with Crippen molar-refractivity contribution >= 4 is 24.9 Å². The molecule has 1 aliphatic heterocycles. The number of amides is 1. The highest BCUT2D eigenvalue weighted by atomic mass is 19.1. The standard InChI is InChI=1S/C10H11BFNO/c11-7-3-4-9(8(12)6-7)13-5-1-2-10(13)14/h3-4,6H,1-2,5,11H2. The minimum Gasteiger partial charge on any atom is -0.310 e. The zero-order chi connectivity index (χ0) is 10.1. The van der Waals surface area contributed by atoms with Crippen LogP contribution in [-0.2, 0) is 4.79 Å². The second-order valence-electron chi connectivity index (χ2n) is 3.60. The highest BCUT2D eigenvalue weighted by Crippen LogP contribution is 2.23. The SMILES string of the molecule is Bc1ccc(N2CCCC2=O)c(F)c1. The van der Waals surface area contributed by atoms with Gasteiger partial charge in [0.2, 0.25) is 5.91 Å². The first-order valence-corrected chi connectivity index (χ1v) is 4.75. The summed E-state index contributed by atoms with van der Waals surface area (Å²) in [5.74, 6) is -0.284. The Kier molecular flexibility index (Phi) is 2.27. The van der Waals surface area contributed by atoms with E-state index in [9.17, 15) is 9.18 Å². The average molecular weight is 191 g/mol. The Morgan fingerprint density at radius 3 is 2.79 bits per heavy atom. The molecule has 0 saturated carbocycles. The number of nitrogens with zero attached hydrogens (tertiary/aromatic N) is 1. The number of carbonyl (C=O) groups excluding carboxylic acids is 1. The quantitative estimate of drug-likeness (QED) is 0.581. The zero-order valence-corrected chi connectivity index (χ0v) is 8.09. The summed E-state index contributed by atoms with van der Waals surface area (Å²) >= 11 is 0. The molecule has 72 valence electrons. The molecule has 1 heterocycles. The summed E-state index contributed by atoms with van der Waals surface area (Å²) in [4.78, 5) is 12.9. The van der Waals surface area contributed by atoms with Gasteiger partial charge in [-0.1, -0.05) is 11.5 Å². The Morgan fingerprint density at radius 1 is 1.43 bits per heavy atom. The van der Waals surface area contributed by atoms with E-state index in [0.717, 1.165) is 11.9 Å². The molecule has 0 bridgehead atoms. The van der Waals surface area contributed by atoms with Gasteiger partial charge in [0.1, 0.15) is 13.7 Å². The van der Waals surface area contributed by atoms with Crippen molar-refractivity contribution in [2.45, 2.75) is 12.8 Å². The number of rotatable bonds is 1. The first kappa shape index (κ1) is 9.25. The molecular formula is C10H11BFNO. The van der Waals surface area contributed by atoms with Crippen LogP contribution in [0.25, 0.3) is 0 Å². The molecule has 0 atom stereocenters. The number of benzene rings is 1. The van der Waals surface area contributed by atoms with Gasteiger partial charge in [0, 0.05) is 13.0 Å². The van der Waals surface area contributed by atoms with Gasteiger partial charge in [-0.25, -0.2) is 4.39 Å². The third kappa shape index (κ3) is 1.52. The number of hydrogen-bond donors (Lipinski definition) is 0. The summed E-state index contributed by atoms with van der Waals surface area (Å²) in [6, 6.07) is 4.96. The van der Waals surface area contributed by atoms with Gasteiger partial charge in [-0.2, -0.15) is 0 Å². The van der Waals surface area contributed by atoms with Crippen molar-refractivity contribution in [1.29, 1.82) is 0 Å². The van der Waals surface area contributed by atoms with E-state index >= 15 is 0 Å². The molecule has 2 rings (SSSR count). The Labute approximate surface area is 83.1 Å². The van der Waals surface area contributed by atoms with Gasteiger partial charge in [0.15, 0.2) is 0 Å². The molecule has 0 N–H and O–H groups in total. The molecule has 0 radical (unpaired) electrons. The van der Waals surface area contributed by atoms with Gasteiger partial charge in [-0.3, -0.25) is 4.79 Å². The van der Waals surface area contributed by atoms with E-state index < -0.39 is 0 Å². The minimum atomic E-state index is -0.305. The van der Waals surface area contributed by atoms with Crippen molar-refractivity contribution in [2.24, 2.45) is 0 Å². The Balaban J connectivity index is 2.36. The average Bonchev–Trinajstić information content (AvgIpc) is 2.52. The molecule has 1 fully saturated rings. The molecule has 1 aromatic carbocycles. The van der Waals surface area contributed by atoms with E-state index in [0.29, 0.717) is 18.7 Å². The molecule has 14 heavy (non-hydrogen) atoms. The van der Waals surface area contributed by atoms with Crippen LogP contribution in [0, 0.1) is 5.82 Å². The number of carbonyl (C=O) groups is 1. The van der Waals surface area contributed by atoms with Crippen LogP contribution >= 0.6 is 0 Å². The predicted molar refractivity (Wildman–Crippen MR) is 56.2 cm³/mol. The third-order valence-corrected chi connectivity index (χ3v) is 2.47. The second-order valence-corrected chi connectivity index (χ2v) is 3.60. The van der Waals surface area contributed by atoms with Gasteiger partial charge >= 0.3 is 0 Å². The normalized spacial score (nSPS) is 16.4. The fourth-order valence-corrected chi connectivity index (χ4v) is 1.73. The van der Waals surface area contributed by atoms with Gasteiger partial charge in [0.05, 0.1) is 5.69 Å². The minimum absolute atomic E-state index is 0.0211. The summed E-state index contributed by atoms with van der Waals surface area (Å²) in [5, 5.41) is 0. The van der Waals surface area contributed by atoms with Gasteiger partial charge < -0.3 is 4.90 Å². The molecule has 0 aromatic heterocycles. The van der Waals surface area contributed by atoms with Crippen LogP contribution in [0.15, 0.2) is 18.2 Å². The van der Waals surface area contributed by atoms with Crippen LogP contribution in [-0.4, -0.2) is 20.3 Å². The summed E-state index contributed by atoms with van der Waals surface area (Å²) in [6.45, 7) is 0.638. The first-order chi connectivity index (χ1) is 6.68. The maximum atomic E-state index is 13.5. The maximum absolute atomic E-state index is 13.5. The van der Waals surface area contributed by atoms with Crippen molar-refractivity contribution in [1.82, 2.24) is 0 Å². The fraction of sp³-hybridized carbons (Fsp3) is 0.300. The predicted octanol–water partition coefficient (Wildman–Crippen LogP) is 0.211. The van der Waals surface area contributed by atoms with Gasteiger partial charge in [0.25, 0.3) is 0 Å². The summed E-state index contributed by atoms with van der Waals surface area (Å²) in [7, 11) is 1.83. The van der Waals surface area contributed by atoms with E-state index in [1.165, 1.54) is 11.0 Å². The van der Waals surface area contributed by atoms with E-state index in [2.05, 4.69) is 0 Å². The molecular weight excluding hydrogens is 180 g/mol. The van der Waals surface area contributed by atoms with Crippen molar-refractivity contribution in [3.63, 3.8) is 0 Å². The lowest BCUT2D eigenvalue weighted by Crippen LogP contribution is -2.25. The summed E-state index contributed by atoms with van der Waals surface area (Å²) in [5.41, 5.74) is 1.29. The van der Waals surface area contributed by atoms with Crippen LogP contribution in [0.1, 0.15) is 12.8 Å². The van der Waals surface area contributed by atoms with Crippen LogP contribution in [0.3, 0.4) is 0 Å². The lowest BCUT2D eigenvalue weighted by Gasteiger charge is -2.16. The lowest BCUT2D eigenvalue weighted by atomic mass is 9.96. The molecule has 0 aliphatic carbocycles. The molecule has 1 aromatic rings. The van der Waals surface area contributed by atoms with E-state index in [4.69, 9.17) is 0 Å². The molecule has 4 heteroatoms. The number of halogens is 1. The van der Waals surface area contributed by atoms with E-state index in [1.807, 2.05) is 13.9 Å². The molecule has 0 spiro atoms. The highest BCUT2D eigenvalue weighted by molar-refractivity contribution is 6.32. The Hall–Kier alpha value is -1.32. The Bertz CT molecular complexity index is 380. The smallest absolute Gasteiger partial charge is 0.227 e. The second kappa shape index (κ2) is 3.44. The van der Waals surface area contributed by atoms with Crippen LogP contribution in [0.2, 0.25) is 0 Å². The fourth-order valence-electron chi connectivity index (χ4n) is 1.73. The number of anilines is 1. The molecule has 1 saturated heterocycles. The largest absolute Gasteiger partial charge is 0.310 e. The Morgan fingerprint density at radius 2 is 2.21 bits per heavy atom. The summed E-state index contributed by atoms with van der Waals surface area (Å²) in [6.07, 6.45) is 1.36. The van der Waals surface area contributed by atoms with Crippen molar-refractivity contribution in [2.75, 3.05) is 11.4 Å². The number of hydrogen-bond acceptors (Lipinski definition) is 1. The zero-order valence-electron chi connectivity index (χ0n) is 8.09. The monoisotopic (exact) mass is 191 g/mol. The van der Waals surface area contributed by atoms with Crippen molar-refractivity contribution in [3.05, 3.63) is 24.0 Å². The van der Waals surface area contributed by atoms with Crippen molar-refractivity contribution in [3.8, 4) is 0 Å². The molecule has 0 unspecified atom stereocenters. The van der Waals surface area contributed by atoms with Crippen LogP contribution < -0.4 is 10.4 Å². The van der Waals surface area contributed by atoms with Gasteiger partial charge in [-0.15, -0.1) is 0 Å². The van der Waals surface area contributed by atoms with Crippen LogP contribution in [0.5, 0.6) is 0 Å². The summed E-state index contributed by atoms with van der Waals surface area (Å²) < 4.78 is 13.5. The maximum Gasteiger partial charge on any atom is 0.227 e. The molecule has 1 amide bonds. The topological polar surface area (TPSA) is 20.3 Å². The van der Waals surface area contributed by atoms with Crippen molar-refractivity contribution < 1.29 is 9.18 Å². The first-order valence-electron chi connectivity index (χ1n) is 4.75. The highest BCUT2D eigenvalue weighted by Gasteiger charge is 2.23. The van der Waals surface area contributed by atoms with E-state index in [-0.39, 0.29) is 11.7 Å². The van der Waals surface area contributed by atoms with E-state index in [1.54, 1.807) is 6.07 Å².